The monoisotopic (exact) mass is 533 g/mol. The van der Waals surface area contributed by atoms with Gasteiger partial charge in [0.05, 0.1) is 11.6 Å². The number of anilines is 1. The molecular weight excluding hydrogens is 502 g/mol. The third-order valence-electron chi connectivity index (χ3n) is 7.12. The molecule has 202 valence electrons. The average Bonchev–Trinajstić information content (AvgIpc) is 3.22. The number of carbonyl (C=O) groups excluding carboxylic acids is 2. The molecule has 40 heavy (non-hydrogen) atoms. The molecule has 4 aromatic rings. The highest BCUT2D eigenvalue weighted by Crippen LogP contribution is 2.40. The predicted molar refractivity (Wildman–Crippen MR) is 155 cm³/mol. The number of aliphatic hydroxyl groups is 1. The van der Waals surface area contributed by atoms with Gasteiger partial charge in [-0.2, -0.15) is 0 Å². The van der Waals surface area contributed by atoms with E-state index in [9.17, 15) is 14.7 Å². The molecule has 0 bridgehead atoms. The third kappa shape index (κ3) is 5.45. The van der Waals surface area contributed by atoms with Crippen molar-refractivity contribution in [3.05, 3.63) is 131 Å². The Morgan fingerprint density at radius 1 is 0.950 bits per heavy atom. The number of nitrogens with zero attached hydrogens (tertiary/aromatic N) is 3. The van der Waals surface area contributed by atoms with Gasteiger partial charge in [-0.05, 0) is 71.6 Å². The summed E-state index contributed by atoms with van der Waals surface area (Å²) in [4.78, 5) is 34.3. The van der Waals surface area contributed by atoms with Crippen molar-refractivity contribution in [2.24, 2.45) is 0 Å². The van der Waals surface area contributed by atoms with Gasteiger partial charge in [0.1, 0.15) is 18.1 Å². The number of Topliss-reactive ketones (excluding diaryl/α,β-unsaturated/α-hetero) is 1. The van der Waals surface area contributed by atoms with Crippen LogP contribution in [-0.4, -0.2) is 40.8 Å². The lowest BCUT2D eigenvalue weighted by Gasteiger charge is -2.26. The van der Waals surface area contributed by atoms with E-state index in [1.807, 2.05) is 80.5 Å². The Kier molecular flexibility index (Phi) is 7.64. The predicted octanol–water partition coefficient (Wildman–Crippen LogP) is 5.66. The number of aryl methyl sites for hydroxylation is 1. The fraction of sp³-hybridized carbons (Fsp3) is 0.182. The zero-order valence-corrected chi connectivity index (χ0v) is 22.7. The van der Waals surface area contributed by atoms with Gasteiger partial charge in [-0.25, -0.2) is 0 Å². The van der Waals surface area contributed by atoms with Crippen molar-refractivity contribution in [2.45, 2.75) is 26.1 Å². The number of rotatable bonds is 8. The van der Waals surface area contributed by atoms with Crippen LogP contribution < -0.4 is 9.64 Å². The first kappa shape index (κ1) is 26.7. The van der Waals surface area contributed by atoms with Crippen LogP contribution in [0.25, 0.3) is 5.76 Å². The Labute approximate surface area is 234 Å². The van der Waals surface area contributed by atoms with Crippen LogP contribution in [0.3, 0.4) is 0 Å². The van der Waals surface area contributed by atoms with Crippen LogP contribution in [0.5, 0.6) is 5.75 Å². The Morgan fingerprint density at radius 2 is 1.68 bits per heavy atom. The molecule has 0 saturated carbocycles. The highest BCUT2D eigenvalue weighted by atomic mass is 16.5. The smallest absolute Gasteiger partial charge is 0.295 e. The Bertz CT molecular complexity index is 1550. The maximum Gasteiger partial charge on any atom is 0.295 e. The lowest BCUT2D eigenvalue weighted by atomic mass is 9.95. The zero-order valence-electron chi connectivity index (χ0n) is 22.7. The van der Waals surface area contributed by atoms with Crippen molar-refractivity contribution in [3.63, 3.8) is 0 Å². The molecule has 1 amide bonds. The normalized spacial score (nSPS) is 16.3. The first-order valence-corrected chi connectivity index (χ1v) is 13.1. The minimum atomic E-state index is -0.756. The SMILES string of the molecule is Cc1ccccc1COc1ccc(C(O)=C2C(=O)C(=O)N(Cc3cccnc3)[C@H]2c2ccc(N(C)C)cc2)cc1. The van der Waals surface area contributed by atoms with Gasteiger partial charge >= 0.3 is 0 Å². The zero-order chi connectivity index (χ0) is 28.2. The maximum absolute atomic E-state index is 13.4. The number of ether oxygens (including phenoxy) is 1. The summed E-state index contributed by atoms with van der Waals surface area (Å²) in [7, 11) is 3.88. The second kappa shape index (κ2) is 11.5. The molecule has 0 spiro atoms. The summed E-state index contributed by atoms with van der Waals surface area (Å²) in [5, 5.41) is 11.4. The van der Waals surface area contributed by atoms with Crippen molar-refractivity contribution in [1.82, 2.24) is 9.88 Å². The fourth-order valence-electron chi connectivity index (χ4n) is 4.83. The Morgan fingerprint density at radius 3 is 2.33 bits per heavy atom. The summed E-state index contributed by atoms with van der Waals surface area (Å²) in [5.41, 5.74) is 5.21. The number of benzene rings is 3. The van der Waals surface area contributed by atoms with Crippen LogP contribution in [0.2, 0.25) is 0 Å². The number of hydrogen-bond donors (Lipinski definition) is 1. The number of hydrogen-bond acceptors (Lipinski definition) is 6. The third-order valence-corrected chi connectivity index (χ3v) is 7.12. The number of aliphatic hydroxyl groups excluding tert-OH is 1. The summed E-state index contributed by atoms with van der Waals surface area (Å²) in [6, 6.07) is 25.4. The van der Waals surface area contributed by atoms with Crippen LogP contribution in [0, 0.1) is 6.92 Å². The molecule has 0 radical (unpaired) electrons. The van der Waals surface area contributed by atoms with Gasteiger partial charge < -0.3 is 19.6 Å². The molecule has 1 aliphatic heterocycles. The summed E-state index contributed by atoms with van der Waals surface area (Å²) in [5.74, 6) is -0.972. The van der Waals surface area contributed by atoms with Crippen LogP contribution in [0.4, 0.5) is 5.69 Å². The first-order valence-electron chi connectivity index (χ1n) is 13.1. The number of likely N-dealkylation sites (tertiary alicyclic amines) is 1. The van der Waals surface area contributed by atoms with Crippen molar-refractivity contribution in [1.29, 1.82) is 0 Å². The van der Waals surface area contributed by atoms with Gasteiger partial charge in [0.15, 0.2) is 0 Å². The lowest BCUT2D eigenvalue weighted by molar-refractivity contribution is -0.140. The molecule has 1 aromatic heterocycles. The van der Waals surface area contributed by atoms with E-state index in [0.717, 1.165) is 27.9 Å². The van der Waals surface area contributed by atoms with Crippen molar-refractivity contribution in [3.8, 4) is 5.75 Å². The molecule has 5 rings (SSSR count). The number of aromatic nitrogens is 1. The summed E-state index contributed by atoms with van der Waals surface area (Å²) >= 11 is 0. The van der Waals surface area contributed by atoms with Crippen molar-refractivity contribution < 1.29 is 19.4 Å². The van der Waals surface area contributed by atoms with E-state index < -0.39 is 17.7 Å². The largest absolute Gasteiger partial charge is 0.507 e. The highest BCUT2D eigenvalue weighted by molar-refractivity contribution is 6.46. The molecule has 1 atom stereocenters. The van der Waals surface area contributed by atoms with Crippen LogP contribution >= 0.6 is 0 Å². The molecule has 0 aliphatic carbocycles. The Balaban J connectivity index is 1.48. The molecule has 0 unspecified atom stereocenters. The summed E-state index contributed by atoms with van der Waals surface area (Å²) in [6.07, 6.45) is 3.32. The van der Waals surface area contributed by atoms with Crippen molar-refractivity contribution in [2.75, 3.05) is 19.0 Å². The van der Waals surface area contributed by atoms with Crippen LogP contribution in [0.1, 0.15) is 33.9 Å². The number of pyridine rings is 1. The maximum atomic E-state index is 13.4. The van der Waals surface area contributed by atoms with Crippen LogP contribution in [0.15, 0.2) is 103 Å². The van der Waals surface area contributed by atoms with E-state index in [2.05, 4.69) is 4.98 Å². The average molecular weight is 534 g/mol. The minimum absolute atomic E-state index is 0.0556. The second-order valence-electron chi connectivity index (χ2n) is 10.0. The van der Waals surface area contributed by atoms with Gasteiger partial charge in [0.2, 0.25) is 0 Å². The molecule has 1 aliphatic rings. The van der Waals surface area contributed by atoms with E-state index in [1.165, 1.54) is 4.90 Å². The van der Waals surface area contributed by atoms with Gasteiger partial charge in [-0.1, -0.05) is 42.5 Å². The topological polar surface area (TPSA) is 83.0 Å². The van der Waals surface area contributed by atoms with Crippen molar-refractivity contribution >= 4 is 23.1 Å². The summed E-state index contributed by atoms with van der Waals surface area (Å²) in [6.45, 7) is 2.63. The molecule has 1 N–H and O–H groups in total. The van der Waals surface area contributed by atoms with E-state index in [1.54, 1.807) is 42.7 Å². The van der Waals surface area contributed by atoms with E-state index in [0.29, 0.717) is 17.9 Å². The first-order chi connectivity index (χ1) is 19.3. The number of ketones is 1. The molecule has 1 saturated heterocycles. The number of amides is 1. The van der Waals surface area contributed by atoms with Gasteiger partial charge in [-0.15, -0.1) is 0 Å². The summed E-state index contributed by atoms with van der Waals surface area (Å²) < 4.78 is 5.94. The quantitative estimate of drug-likeness (QED) is 0.179. The fourth-order valence-corrected chi connectivity index (χ4v) is 4.83. The van der Waals surface area contributed by atoms with E-state index >= 15 is 0 Å². The molecule has 7 heteroatoms. The second-order valence-corrected chi connectivity index (χ2v) is 10.0. The minimum Gasteiger partial charge on any atom is -0.507 e. The van der Waals surface area contributed by atoms with E-state index in [4.69, 9.17) is 4.74 Å². The Hall–Kier alpha value is -4.91. The molecule has 3 aromatic carbocycles. The molecular formula is C33H31N3O4. The highest BCUT2D eigenvalue weighted by Gasteiger charge is 2.46. The van der Waals surface area contributed by atoms with E-state index in [-0.39, 0.29) is 17.9 Å². The molecule has 2 heterocycles. The lowest BCUT2D eigenvalue weighted by Crippen LogP contribution is -2.29. The van der Waals surface area contributed by atoms with Gasteiger partial charge in [0, 0.05) is 44.3 Å². The van der Waals surface area contributed by atoms with Crippen LogP contribution in [-0.2, 0) is 22.7 Å². The molecule has 1 fully saturated rings. The molecule has 7 nitrogen and oxygen atoms in total. The standard InChI is InChI=1S/C33H31N3O4/c1-22-7-4-5-9-26(22)21-40-28-16-12-25(13-17-28)31(37)29-30(24-10-14-27(15-11-24)35(2)3)36(33(39)32(29)38)20-23-8-6-18-34-19-23/h4-19,30,37H,20-21H2,1-3H3/t30-/m0/s1. The van der Waals surface area contributed by atoms with Gasteiger partial charge in [-0.3, -0.25) is 14.6 Å². The van der Waals surface area contributed by atoms with Gasteiger partial charge in [0.25, 0.3) is 11.7 Å². The number of carbonyl (C=O) groups is 2.